The van der Waals surface area contributed by atoms with Gasteiger partial charge in [0.2, 0.25) is 0 Å². The van der Waals surface area contributed by atoms with E-state index in [0.29, 0.717) is 8.45 Å². The predicted octanol–water partition coefficient (Wildman–Crippen LogP) is 1.17. The van der Waals surface area contributed by atoms with Crippen LogP contribution in [0.4, 0.5) is 0 Å². The number of fused-ring (bicyclic) bond motifs is 6. The number of benzene rings is 4. The number of rotatable bonds is 2. The summed E-state index contributed by atoms with van der Waals surface area (Å²) < 4.78 is 1.12. The second-order valence-corrected chi connectivity index (χ2v) is 30.5. The van der Waals surface area contributed by atoms with E-state index in [1.54, 1.807) is 11.1 Å². The van der Waals surface area contributed by atoms with Crippen molar-refractivity contribution in [2.45, 2.75) is 18.9 Å². The van der Waals surface area contributed by atoms with Crippen LogP contribution in [0.3, 0.4) is 0 Å². The Morgan fingerprint density at radius 3 is 1.44 bits per heavy atom. The van der Waals surface area contributed by atoms with Gasteiger partial charge in [-0.3, -0.25) is 0 Å². The van der Waals surface area contributed by atoms with E-state index < -0.39 is 14.0 Å². The van der Waals surface area contributed by atoms with Crippen molar-refractivity contribution in [3.8, 4) is 0 Å². The van der Waals surface area contributed by atoms with E-state index in [2.05, 4.69) is 115 Å². The van der Waals surface area contributed by atoms with Crippen molar-refractivity contribution in [1.29, 1.82) is 0 Å². The predicted molar refractivity (Wildman–Crippen MR) is 132 cm³/mol. The van der Waals surface area contributed by atoms with Crippen LogP contribution in [0.25, 0.3) is 33.7 Å². The first-order chi connectivity index (χ1) is 14.4. The van der Waals surface area contributed by atoms with Crippen LogP contribution < -0.4 is 24.8 Å². The molecule has 2 atom stereocenters. The molecule has 0 fully saturated rings. The molecule has 0 radical (unpaired) electrons. The van der Waals surface area contributed by atoms with Crippen molar-refractivity contribution < 1.29 is 38.9 Å². The molecule has 0 bridgehead atoms. The first-order valence-electron chi connectivity index (χ1n) is 10.9. The third-order valence-electron chi connectivity index (χ3n) is 7.63. The summed E-state index contributed by atoms with van der Waals surface area (Å²) in [5, 5.41) is 10.8. The molecule has 2 aliphatic carbocycles. The molecule has 0 amide bonds. The molecule has 4 heteroatoms. The van der Waals surface area contributed by atoms with Crippen LogP contribution in [0.2, 0.25) is 10.5 Å². The van der Waals surface area contributed by atoms with E-state index in [9.17, 15) is 0 Å². The first kappa shape index (κ1) is 23.5. The maximum atomic E-state index is 2.66. The smallest absolute Gasteiger partial charge is 1.00 e. The molecular weight excluding hydrogens is 483 g/mol. The number of hydrogen-bond acceptors (Lipinski definition) is 0. The Kier molecular flexibility index (Phi) is 5.89. The Morgan fingerprint density at radius 1 is 0.594 bits per heavy atom. The van der Waals surface area contributed by atoms with Gasteiger partial charge in [-0.2, -0.15) is 0 Å². The van der Waals surface area contributed by atoms with Crippen molar-refractivity contribution in [2.24, 2.45) is 0 Å². The average Bonchev–Trinajstić information content (AvgIpc) is 3.39. The largest absolute Gasteiger partial charge is 1.00 e. The van der Waals surface area contributed by atoms with E-state index in [-0.39, 0.29) is 24.8 Å². The zero-order valence-electron chi connectivity index (χ0n) is 18.4. The molecule has 0 aliphatic heterocycles. The molecule has 0 aromatic heterocycles. The van der Waals surface area contributed by atoms with Gasteiger partial charge < -0.3 is 24.8 Å². The maximum absolute atomic E-state index is 3.00. The summed E-state index contributed by atoms with van der Waals surface area (Å²) in [5.74, 6) is 0. The zero-order valence-corrected chi connectivity index (χ0v) is 22.8. The standard InChI is InChI=1S/2C13H9.2CH3.2ClH.H2Si.Ti/c2*1-2-6-12-10(4-1)8-9-11-5-3-7-13(11)12;;;;;;/h2*1-9H;2*1H3;2*1H;1H2;/q;;;;;;;+2/p-2. The normalized spacial score (nSPS) is 18.1. The van der Waals surface area contributed by atoms with Gasteiger partial charge in [0.15, 0.2) is 0 Å². The minimum atomic E-state index is -3.00. The molecule has 0 spiro atoms. The summed E-state index contributed by atoms with van der Waals surface area (Å²) >= 11 is -3.00. The van der Waals surface area contributed by atoms with Gasteiger partial charge >= 0.3 is 181 Å². The number of halogens is 2. The van der Waals surface area contributed by atoms with Gasteiger partial charge in [0.25, 0.3) is 0 Å². The van der Waals surface area contributed by atoms with Gasteiger partial charge in [-0.05, 0) is 0 Å². The quantitative estimate of drug-likeness (QED) is 0.356. The van der Waals surface area contributed by atoms with Crippen LogP contribution in [0.1, 0.15) is 30.7 Å². The summed E-state index contributed by atoms with van der Waals surface area (Å²) in [7, 11) is 2.37. The van der Waals surface area contributed by atoms with Crippen LogP contribution in [0, 0.1) is 0 Å². The van der Waals surface area contributed by atoms with Crippen LogP contribution in [0.15, 0.2) is 84.9 Å². The van der Waals surface area contributed by atoms with Crippen molar-refractivity contribution in [3.05, 3.63) is 107 Å². The van der Waals surface area contributed by atoms with Crippen molar-refractivity contribution in [2.75, 3.05) is 0 Å². The van der Waals surface area contributed by atoms with Crippen molar-refractivity contribution in [3.63, 3.8) is 0 Å². The Labute approximate surface area is 205 Å². The van der Waals surface area contributed by atoms with Crippen molar-refractivity contribution in [1.82, 2.24) is 0 Å². The van der Waals surface area contributed by atoms with E-state index in [4.69, 9.17) is 0 Å². The first-order valence-corrected chi connectivity index (χ1v) is 19.8. The second kappa shape index (κ2) is 8.01. The van der Waals surface area contributed by atoms with E-state index in [1.807, 2.05) is 0 Å². The van der Waals surface area contributed by atoms with Crippen molar-refractivity contribution >= 4 is 41.3 Å². The average molecular weight is 509 g/mol. The van der Waals surface area contributed by atoms with E-state index in [1.165, 1.54) is 32.7 Å². The minimum Gasteiger partial charge on any atom is -1.00 e. The molecule has 2 unspecified atom stereocenters. The Morgan fingerprint density at radius 2 is 1.00 bits per heavy atom. The summed E-state index contributed by atoms with van der Waals surface area (Å²) in [6, 6.07) is 27.1. The van der Waals surface area contributed by atoms with Crippen LogP contribution >= 0.6 is 0 Å². The molecule has 2 aliphatic rings. The monoisotopic (exact) mass is 508 g/mol. The molecule has 0 saturated carbocycles. The molecule has 6 rings (SSSR count). The van der Waals surface area contributed by atoms with Gasteiger partial charge in [-0.1, -0.05) is 0 Å². The van der Waals surface area contributed by atoms with Gasteiger partial charge in [0.1, 0.15) is 0 Å². The molecule has 0 nitrogen and oxygen atoms in total. The summed E-state index contributed by atoms with van der Waals surface area (Å²) in [6.45, 7) is 0. The number of allylic oxidation sites excluding steroid dienone is 2. The maximum Gasteiger partial charge on any atom is -1.00 e. The Bertz CT molecular complexity index is 1390. The van der Waals surface area contributed by atoms with Crippen LogP contribution in [-0.4, -0.2) is 7.63 Å². The fraction of sp³-hybridized carbons (Fsp3) is 0.143. The second-order valence-electron chi connectivity index (χ2n) is 10.2. The summed E-state index contributed by atoms with van der Waals surface area (Å²) in [4.78, 5) is 0. The molecule has 32 heavy (non-hydrogen) atoms. The van der Waals surface area contributed by atoms with Gasteiger partial charge in [-0.25, -0.2) is 0 Å². The molecule has 0 saturated heterocycles. The van der Waals surface area contributed by atoms with E-state index >= 15 is 0 Å². The Hall–Kier alpha value is -1.61. The summed E-state index contributed by atoms with van der Waals surface area (Å²) in [5.41, 5.74) is 6.00. The third-order valence-corrected chi connectivity index (χ3v) is 19.2. The van der Waals surface area contributed by atoms with Crippen LogP contribution in [0.5, 0.6) is 0 Å². The fourth-order valence-electron chi connectivity index (χ4n) is 5.98. The van der Waals surface area contributed by atoms with E-state index in [0.717, 1.165) is 0 Å². The van der Waals surface area contributed by atoms with Gasteiger partial charge in [0.05, 0.1) is 0 Å². The molecule has 4 aromatic carbocycles. The topological polar surface area (TPSA) is 0 Å². The Balaban J connectivity index is 0.00000122. The molecule has 0 heterocycles. The fourth-order valence-corrected chi connectivity index (χ4v) is 15.8. The molecular formula is C28H26Cl2SiTi. The zero-order chi connectivity index (χ0) is 20.5. The van der Waals surface area contributed by atoms with Crippen LogP contribution in [-0.2, 0) is 14.0 Å². The summed E-state index contributed by atoms with van der Waals surface area (Å²) in [6.07, 6.45) is 9.89. The molecule has 0 N–H and O–H groups in total. The molecule has 160 valence electrons. The third kappa shape index (κ3) is 3.30. The van der Waals surface area contributed by atoms with Gasteiger partial charge in [-0.15, -0.1) is 0 Å². The SMILES string of the molecule is [CH3][Ti+2]([CH3])(=[SiH2])([CH]1C=Cc2c1ccc1ccccc21)[CH]1C=Cc2c1ccc1ccccc21.[Cl-].[Cl-]. The minimum absolute atomic E-state index is 0. The van der Waals surface area contributed by atoms with Gasteiger partial charge in [0, 0.05) is 0 Å². The number of hydrogen-bond donors (Lipinski definition) is 0. The molecule has 4 aromatic rings.